The predicted octanol–water partition coefficient (Wildman–Crippen LogP) is 12.4. The number of hydrogen-bond acceptors (Lipinski definition) is 3. The third-order valence-corrected chi connectivity index (χ3v) is 10.6. The van der Waals surface area contributed by atoms with E-state index in [0.29, 0.717) is 17.6 Å². The van der Waals surface area contributed by atoms with Crippen LogP contribution in [0.2, 0.25) is 0 Å². The molecule has 0 atom stereocenters. The molecule has 7 aromatic carbocycles. The van der Waals surface area contributed by atoms with Crippen LogP contribution >= 0.6 is 0 Å². The summed E-state index contributed by atoms with van der Waals surface area (Å²) in [5.41, 5.74) is 11.2. The first kappa shape index (κ1) is 31.9. The van der Waals surface area contributed by atoms with Crippen LogP contribution in [0.5, 0.6) is 0 Å². The van der Waals surface area contributed by atoms with Gasteiger partial charge in [0.15, 0.2) is 11.6 Å². The SMILES string of the molecule is CC(C)(C)c1ccc(-c2nc(-c3ccccc3)nc(-n3c4ccccc4c4cc(-c5ccc6c(c5)c5ccccc5n6-c5ccccc5)ccc43)n2)cc1. The zero-order valence-electron chi connectivity index (χ0n) is 30.4. The minimum Gasteiger partial charge on any atom is -0.309 e. The summed E-state index contributed by atoms with van der Waals surface area (Å²) in [7, 11) is 0. The van der Waals surface area contributed by atoms with Crippen LogP contribution < -0.4 is 0 Å². The average Bonchev–Trinajstić information content (AvgIpc) is 3.73. The third-order valence-electron chi connectivity index (χ3n) is 10.6. The lowest BCUT2D eigenvalue weighted by Crippen LogP contribution is -2.10. The van der Waals surface area contributed by atoms with Crippen LogP contribution in [-0.2, 0) is 5.41 Å². The molecule has 0 bridgehead atoms. The van der Waals surface area contributed by atoms with E-state index < -0.39 is 0 Å². The number of para-hydroxylation sites is 3. The fourth-order valence-electron chi connectivity index (χ4n) is 7.81. The Hall–Kier alpha value is -6.85. The van der Waals surface area contributed by atoms with Crippen molar-refractivity contribution in [1.82, 2.24) is 24.1 Å². The predicted molar refractivity (Wildman–Crippen MR) is 224 cm³/mol. The van der Waals surface area contributed by atoms with Crippen LogP contribution in [0, 0.1) is 0 Å². The number of nitrogens with zero attached hydrogens (tertiary/aromatic N) is 5. The Bertz CT molecular complexity index is 3000. The molecule has 54 heavy (non-hydrogen) atoms. The van der Waals surface area contributed by atoms with Crippen molar-refractivity contribution >= 4 is 43.6 Å². The summed E-state index contributed by atoms with van der Waals surface area (Å²) in [5.74, 6) is 1.87. The van der Waals surface area contributed by atoms with Crippen LogP contribution in [0.15, 0.2) is 170 Å². The maximum absolute atomic E-state index is 5.17. The molecular weight excluding hydrogens is 659 g/mol. The van der Waals surface area contributed by atoms with Crippen LogP contribution in [0.1, 0.15) is 26.3 Å². The van der Waals surface area contributed by atoms with Gasteiger partial charge in [0.1, 0.15) is 0 Å². The summed E-state index contributed by atoms with van der Waals surface area (Å²) in [5, 5.41) is 4.77. The molecule has 0 saturated carbocycles. The summed E-state index contributed by atoms with van der Waals surface area (Å²) in [4.78, 5) is 15.3. The van der Waals surface area contributed by atoms with Crippen LogP contribution in [0.4, 0.5) is 0 Å². The second kappa shape index (κ2) is 12.4. The molecule has 5 heteroatoms. The van der Waals surface area contributed by atoms with Gasteiger partial charge in [-0.3, -0.25) is 4.57 Å². The maximum atomic E-state index is 5.17. The summed E-state index contributed by atoms with van der Waals surface area (Å²) in [6.07, 6.45) is 0. The third kappa shape index (κ3) is 5.28. The van der Waals surface area contributed by atoms with Gasteiger partial charge in [-0.2, -0.15) is 9.97 Å². The van der Waals surface area contributed by atoms with Gasteiger partial charge in [-0.05, 0) is 70.6 Å². The van der Waals surface area contributed by atoms with Gasteiger partial charge in [0.2, 0.25) is 5.95 Å². The average molecular weight is 696 g/mol. The van der Waals surface area contributed by atoms with Crippen molar-refractivity contribution in [3.05, 3.63) is 175 Å². The van der Waals surface area contributed by atoms with Crippen molar-refractivity contribution in [2.45, 2.75) is 26.2 Å². The molecule has 0 radical (unpaired) electrons. The van der Waals surface area contributed by atoms with Gasteiger partial charge in [-0.25, -0.2) is 4.98 Å². The Balaban J connectivity index is 1.15. The number of hydrogen-bond donors (Lipinski definition) is 0. The van der Waals surface area contributed by atoms with Gasteiger partial charge in [0.25, 0.3) is 0 Å². The Morgan fingerprint density at radius 2 is 0.815 bits per heavy atom. The normalized spacial score (nSPS) is 12.0. The molecule has 0 saturated heterocycles. The molecule has 0 aliphatic heterocycles. The quantitative estimate of drug-likeness (QED) is 0.180. The Kier molecular flexibility index (Phi) is 7.31. The number of benzene rings is 7. The molecule has 0 aliphatic carbocycles. The van der Waals surface area contributed by atoms with E-state index in [1.54, 1.807) is 0 Å². The van der Waals surface area contributed by atoms with Gasteiger partial charge in [0.05, 0.1) is 22.1 Å². The fourth-order valence-corrected chi connectivity index (χ4v) is 7.81. The largest absolute Gasteiger partial charge is 0.309 e. The molecule has 0 unspecified atom stereocenters. The minimum atomic E-state index is 0.0482. The van der Waals surface area contributed by atoms with Crippen molar-refractivity contribution in [2.24, 2.45) is 0 Å². The molecule has 10 aromatic rings. The summed E-state index contributed by atoms with van der Waals surface area (Å²) in [6.45, 7) is 6.69. The zero-order valence-corrected chi connectivity index (χ0v) is 30.4. The molecular formula is C49H37N5. The first-order chi connectivity index (χ1) is 26.4. The Labute approximate surface area is 313 Å². The fraction of sp³-hybridized carbons (Fsp3) is 0.0816. The van der Waals surface area contributed by atoms with E-state index in [0.717, 1.165) is 44.2 Å². The van der Waals surface area contributed by atoms with E-state index in [2.05, 4.69) is 182 Å². The molecule has 3 aromatic heterocycles. The van der Waals surface area contributed by atoms with Crippen molar-refractivity contribution in [3.63, 3.8) is 0 Å². The van der Waals surface area contributed by atoms with E-state index in [-0.39, 0.29) is 5.41 Å². The highest BCUT2D eigenvalue weighted by atomic mass is 15.2. The second-order valence-electron chi connectivity index (χ2n) is 15.0. The van der Waals surface area contributed by atoms with E-state index in [1.165, 1.54) is 32.9 Å². The molecule has 10 rings (SSSR count). The van der Waals surface area contributed by atoms with Crippen LogP contribution in [0.3, 0.4) is 0 Å². The van der Waals surface area contributed by atoms with Gasteiger partial charge in [-0.1, -0.05) is 142 Å². The van der Waals surface area contributed by atoms with E-state index in [4.69, 9.17) is 15.0 Å². The molecule has 0 spiro atoms. The van der Waals surface area contributed by atoms with Crippen molar-refractivity contribution in [2.75, 3.05) is 0 Å². The maximum Gasteiger partial charge on any atom is 0.238 e. The topological polar surface area (TPSA) is 48.5 Å². The smallest absolute Gasteiger partial charge is 0.238 e. The molecule has 5 nitrogen and oxygen atoms in total. The summed E-state index contributed by atoms with van der Waals surface area (Å²) < 4.78 is 4.54. The standard InChI is InChI=1S/C49H37N5/c1-49(2,3)36-26-22-33(23-27-36)47-50-46(32-14-6-4-7-15-32)51-48(52-47)54-43-21-13-11-19-39(43)41-31-35(25-29-45(41)54)34-24-28-44-40(30-34)38-18-10-12-20-42(38)53(44)37-16-8-5-9-17-37/h4-31H,1-3H3. The molecule has 0 amide bonds. The van der Waals surface area contributed by atoms with Gasteiger partial charge >= 0.3 is 0 Å². The number of fused-ring (bicyclic) bond motifs is 6. The van der Waals surface area contributed by atoms with Crippen molar-refractivity contribution < 1.29 is 0 Å². The Morgan fingerprint density at radius 3 is 1.39 bits per heavy atom. The Morgan fingerprint density at radius 1 is 0.370 bits per heavy atom. The van der Waals surface area contributed by atoms with E-state index in [1.807, 2.05) is 18.2 Å². The first-order valence-corrected chi connectivity index (χ1v) is 18.5. The molecule has 0 N–H and O–H groups in total. The lowest BCUT2D eigenvalue weighted by atomic mass is 9.87. The van der Waals surface area contributed by atoms with E-state index in [9.17, 15) is 0 Å². The lowest BCUT2D eigenvalue weighted by molar-refractivity contribution is 0.590. The van der Waals surface area contributed by atoms with Gasteiger partial charge in [0, 0.05) is 38.4 Å². The number of aromatic nitrogens is 5. The molecule has 0 aliphatic rings. The monoisotopic (exact) mass is 695 g/mol. The van der Waals surface area contributed by atoms with Crippen molar-refractivity contribution in [3.8, 4) is 45.5 Å². The lowest BCUT2D eigenvalue weighted by Gasteiger charge is -2.19. The van der Waals surface area contributed by atoms with Crippen LogP contribution in [0.25, 0.3) is 89.2 Å². The zero-order chi connectivity index (χ0) is 36.4. The van der Waals surface area contributed by atoms with Crippen LogP contribution in [-0.4, -0.2) is 24.1 Å². The van der Waals surface area contributed by atoms with Crippen molar-refractivity contribution in [1.29, 1.82) is 0 Å². The molecule has 3 heterocycles. The highest BCUT2D eigenvalue weighted by Gasteiger charge is 2.20. The highest BCUT2D eigenvalue weighted by molar-refractivity contribution is 6.12. The van der Waals surface area contributed by atoms with Gasteiger partial charge in [-0.15, -0.1) is 0 Å². The number of rotatable bonds is 5. The molecule has 0 fully saturated rings. The summed E-state index contributed by atoms with van der Waals surface area (Å²) >= 11 is 0. The van der Waals surface area contributed by atoms with E-state index >= 15 is 0 Å². The highest BCUT2D eigenvalue weighted by Crippen LogP contribution is 2.38. The van der Waals surface area contributed by atoms with Gasteiger partial charge < -0.3 is 4.57 Å². The second-order valence-corrected chi connectivity index (χ2v) is 15.0. The molecule has 258 valence electrons. The summed E-state index contributed by atoms with van der Waals surface area (Å²) in [6, 6.07) is 60.2. The first-order valence-electron chi connectivity index (χ1n) is 18.5. The minimum absolute atomic E-state index is 0.0482.